The zero-order chi connectivity index (χ0) is 32.2. The van der Waals surface area contributed by atoms with Gasteiger partial charge >= 0.3 is 6.18 Å². The largest absolute Gasteiger partial charge is 0.494 e. The van der Waals surface area contributed by atoms with E-state index in [0.29, 0.717) is 34.3 Å². The number of aromatic nitrogens is 3. The number of likely N-dealkylation sites (tertiary alicyclic amines) is 1. The molecule has 2 aromatic heterocycles. The first-order chi connectivity index (χ1) is 22.6. The van der Waals surface area contributed by atoms with Crippen molar-refractivity contribution in [2.75, 3.05) is 13.7 Å². The van der Waals surface area contributed by atoms with Gasteiger partial charge in [0.05, 0.1) is 23.9 Å². The van der Waals surface area contributed by atoms with Crippen LogP contribution in [0.15, 0.2) is 60.7 Å². The number of carbonyl (C=O) groups is 1. The Labute approximate surface area is 270 Å². The van der Waals surface area contributed by atoms with Crippen LogP contribution in [0.3, 0.4) is 0 Å². The van der Waals surface area contributed by atoms with Gasteiger partial charge in [0.25, 0.3) is 5.91 Å². The molecule has 1 amide bonds. The van der Waals surface area contributed by atoms with Crippen molar-refractivity contribution in [1.29, 1.82) is 0 Å². The average Bonchev–Trinajstić information content (AvgIpc) is 3.51. The predicted octanol–water partition coefficient (Wildman–Crippen LogP) is 8.43. The molecule has 5 aromatic rings. The minimum absolute atomic E-state index is 0.0697. The Kier molecular flexibility index (Phi) is 6.09. The van der Waals surface area contributed by atoms with Crippen molar-refractivity contribution in [2.24, 2.45) is 24.3 Å². The lowest BCUT2D eigenvalue weighted by Crippen LogP contribution is -2.64. The van der Waals surface area contributed by atoms with E-state index >= 15 is 0 Å². The number of alkyl halides is 3. The zero-order valence-corrected chi connectivity index (χ0v) is 26.3. The zero-order valence-electron chi connectivity index (χ0n) is 26.3. The second-order valence-electron chi connectivity index (χ2n) is 14.2. The van der Waals surface area contributed by atoms with Gasteiger partial charge < -0.3 is 18.8 Å². The van der Waals surface area contributed by atoms with Crippen molar-refractivity contribution in [2.45, 2.75) is 50.9 Å². The summed E-state index contributed by atoms with van der Waals surface area (Å²) in [4.78, 5) is 20.9. The number of fused-ring (bicyclic) bond motifs is 2. The molecule has 47 heavy (non-hydrogen) atoms. The van der Waals surface area contributed by atoms with Crippen LogP contribution in [0, 0.1) is 17.3 Å². The molecule has 0 N–H and O–H groups in total. The summed E-state index contributed by atoms with van der Waals surface area (Å²) in [6, 6.07) is 17.8. The Morgan fingerprint density at radius 2 is 1.77 bits per heavy atom. The molecule has 4 aliphatic carbocycles. The summed E-state index contributed by atoms with van der Waals surface area (Å²) in [5, 5.41) is 1.06. The molecule has 0 radical (unpaired) electrons. The maximum atomic E-state index is 13.7. The summed E-state index contributed by atoms with van der Waals surface area (Å²) in [6.45, 7) is 1.76. The number of imidazole rings is 1. The number of aryl methyl sites for hydroxylation is 1. The summed E-state index contributed by atoms with van der Waals surface area (Å²) < 4.78 is 49.2. The first-order valence-electron chi connectivity index (χ1n) is 16.4. The third kappa shape index (κ3) is 4.53. The number of hydrogen-bond acceptors (Lipinski definition) is 3. The molecular weight excluding hydrogens is 601 g/mol. The molecule has 5 fully saturated rings. The van der Waals surface area contributed by atoms with E-state index in [0.717, 1.165) is 76.6 Å². The molecule has 1 saturated heterocycles. The highest BCUT2D eigenvalue weighted by Gasteiger charge is 2.67. The fourth-order valence-corrected chi connectivity index (χ4v) is 8.63. The lowest BCUT2D eigenvalue weighted by molar-refractivity contribution is -0.137. The third-order valence-corrected chi connectivity index (χ3v) is 11.2. The average molecular weight is 637 g/mol. The predicted molar refractivity (Wildman–Crippen MR) is 176 cm³/mol. The molecule has 5 aliphatic rings. The molecule has 3 heterocycles. The molecule has 1 spiro atoms. The maximum absolute atomic E-state index is 13.7. The van der Waals surface area contributed by atoms with Crippen molar-refractivity contribution >= 4 is 40.0 Å². The topological polar surface area (TPSA) is 52.3 Å². The first-order valence-corrected chi connectivity index (χ1v) is 16.4. The van der Waals surface area contributed by atoms with E-state index in [-0.39, 0.29) is 5.91 Å². The quantitative estimate of drug-likeness (QED) is 0.169. The summed E-state index contributed by atoms with van der Waals surface area (Å²) in [6.07, 6.45) is 5.50. The summed E-state index contributed by atoms with van der Waals surface area (Å²) in [5.41, 5.74) is 5.71. The lowest BCUT2D eigenvalue weighted by Gasteiger charge is -2.56. The maximum Gasteiger partial charge on any atom is 0.416 e. The van der Waals surface area contributed by atoms with Crippen molar-refractivity contribution in [3.8, 4) is 17.3 Å². The van der Waals surface area contributed by atoms with Gasteiger partial charge in [0, 0.05) is 48.1 Å². The Morgan fingerprint density at radius 1 is 1.02 bits per heavy atom. The minimum Gasteiger partial charge on any atom is -0.494 e. The summed E-state index contributed by atoms with van der Waals surface area (Å²) in [5.74, 6) is 2.93. The van der Waals surface area contributed by atoms with Gasteiger partial charge in [-0.1, -0.05) is 30.4 Å². The fourth-order valence-electron chi connectivity index (χ4n) is 8.63. The monoisotopic (exact) mass is 636 g/mol. The van der Waals surface area contributed by atoms with Gasteiger partial charge in [-0.15, -0.1) is 0 Å². The number of ether oxygens (including phenoxy) is 1. The van der Waals surface area contributed by atoms with Gasteiger partial charge in [0.15, 0.2) is 5.82 Å². The van der Waals surface area contributed by atoms with Gasteiger partial charge in [0.1, 0.15) is 11.3 Å². The Balaban J connectivity index is 1.07. The van der Waals surface area contributed by atoms with E-state index in [1.807, 2.05) is 37.4 Å². The normalized spacial score (nSPS) is 23.4. The number of carbonyl (C=O) groups excluding carboxylic acids is 1. The van der Waals surface area contributed by atoms with E-state index in [9.17, 15) is 18.0 Å². The fraction of sp³-hybridized carbons (Fsp3) is 0.368. The lowest BCUT2D eigenvalue weighted by atomic mass is 9.63. The smallest absolute Gasteiger partial charge is 0.416 e. The molecule has 2 bridgehead atoms. The van der Waals surface area contributed by atoms with Crippen molar-refractivity contribution in [1.82, 2.24) is 19.0 Å². The van der Waals surface area contributed by atoms with Crippen LogP contribution in [0.5, 0.6) is 5.75 Å². The highest BCUT2D eigenvalue weighted by molar-refractivity contribution is 6.01. The first kappa shape index (κ1) is 28.7. The minimum atomic E-state index is -4.35. The second kappa shape index (κ2) is 9.99. The van der Waals surface area contributed by atoms with Crippen LogP contribution >= 0.6 is 0 Å². The van der Waals surface area contributed by atoms with E-state index in [4.69, 9.17) is 9.72 Å². The van der Waals surface area contributed by atoms with Gasteiger partial charge in [-0.05, 0) is 97.5 Å². The van der Waals surface area contributed by atoms with E-state index in [1.54, 1.807) is 7.11 Å². The standard InChI is InChI=1S/C38H35F3N4O2/c1-43-34-29(15-27(17-32(34)47-2)36(46)45-21-37-18-25(19-37)14-33(37)45)42-35(43)31-16-26-13-23(9-12-30(26)44(31)20-24-5-6-24)4-3-22-7-10-28(11-8-22)38(39,40)41/h3-4,7-13,15-17,24-25,33H,5-6,14,18-21H2,1-2H3/b4-3+. The number of amides is 1. The molecule has 4 saturated carbocycles. The van der Waals surface area contributed by atoms with E-state index in [1.165, 1.54) is 37.8 Å². The molecule has 9 heteroatoms. The van der Waals surface area contributed by atoms with E-state index < -0.39 is 11.7 Å². The molecule has 10 rings (SSSR count). The van der Waals surface area contributed by atoms with Gasteiger partial charge in [-0.2, -0.15) is 13.2 Å². The highest BCUT2D eigenvalue weighted by atomic mass is 19.4. The Bertz CT molecular complexity index is 2110. The van der Waals surface area contributed by atoms with E-state index in [2.05, 4.69) is 32.2 Å². The van der Waals surface area contributed by atoms with Crippen LogP contribution in [0.4, 0.5) is 13.2 Å². The molecule has 3 aromatic carbocycles. The summed E-state index contributed by atoms with van der Waals surface area (Å²) in [7, 11) is 3.64. The molecular formula is C38H35F3N4O2. The van der Waals surface area contributed by atoms with Crippen LogP contribution in [0.25, 0.3) is 45.6 Å². The van der Waals surface area contributed by atoms with Crippen molar-refractivity contribution < 1.29 is 22.7 Å². The van der Waals surface area contributed by atoms with Gasteiger partial charge in [-0.3, -0.25) is 4.79 Å². The number of halogens is 3. The second-order valence-corrected chi connectivity index (χ2v) is 14.2. The molecule has 1 aliphatic heterocycles. The number of nitrogens with zero attached hydrogens (tertiary/aromatic N) is 4. The Morgan fingerprint density at radius 3 is 2.47 bits per heavy atom. The molecule has 1 unspecified atom stereocenters. The number of methoxy groups -OCH3 is 1. The van der Waals surface area contributed by atoms with Crippen LogP contribution < -0.4 is 4.74 Å². The number of rotatable bonds is 7. The van der Waals surface area contributed by atoms with Crippen molar-refractivity contribution in [3.63, 3.8) is 0 Å². The Hall–Kier alpha value is -4.53. The third-order valence-electron chi connectivity index (χ3n) is 11.2. The number of benzene rings is 3. The SMILES string of the molecule is COc1cc(C(=O)N2CC34CC(CC23)C4)cc2nc(-c3cc4cc(/C=C/c5ccc(C(F)(F)F)cc5)ccc4n3CC3CC3)n(C)c12. The number of hydrogen-bond donors (Lipinski definition) is 0. The van der Waals surface area contributed by atoms with Gasteiger partial charge in [0.2, 0.25) is 0 Å². The van der Waals surface area contributed by atoms with Crippen LogP contribution in [0.2, 0.25) is 0 Å². The molecule has 240 valence electrons. The molecule has 6 nitrogen and oxygen atoms in total. The molecule has 1 atom stereocenters. The highest BCUT2D eigenvalue weighted by Crippen LogP contribution is 2.66. The van der Waals surface area contributed by atoms with Crippen molar-refractivity contribution in [3.05, 3.63) is 82.9 Å². The van der Waals surface area contributed by atoms with Crippen LogP contribution in [-0.4, -0.2) is 44.6 Å². The van der Waals surface area contributed by atoms with Crippen LogP contribution in [-0.2, 0) is 19.8 Å². The summed E-state index contributed by atoms with van der Waals surface area (Å²) >= 11 is 0. The van der Waals surface area contributed by atoms with Crippen LogP contribution in [0.1, 0.15) is 59.2 Å². The van der Waals surface area contributed by atoms with Gasteiger partial charge in [-0.25, -0.2) is 4.98 Å².